The fourth-order valence-corrected chi connectivity index (χ4v) is 4.57. The van der Waals surface area contributed by atoms with Gasteiger partial charge in [-0.25, -0.2) is 4.68 Å². The van der Waals surface area contributed by atoms with Crippen LogP contribution in [0, 0.1) is 12.3 Å². The van der Waals surface area contributed by atoms with Crippen LogP contribution < -0.4 is 5.32 Å². The van der Waals surface area contributed by atoms with Gasteiger partial charge >= 0.3 is 5.97 Å². The van der Waals surface area contributed by atoms with Gasteiger partial charge in [0.25, 0.3) is 5.91 Å². The number of nitrogens with zero attached hydrogens (tertiary/aromatic N) is 2. The average molecular weight is 399 g/mol. The van der Waals surface area contributed by atoms with Gasteiger partial charge in [0, 0.05) is 25.1 Å². The summed E-state index contributed by atoms with van der Waals surface area (Å²) in [6.07, 6.45) is 0.800. The Morgan fingerprint density at radius 3 is 2.68 bits per heavy atom. The van der Waals surface area contributed by atoms with Gasteiger partial charge in [-0.15, -0.1) is 11.3 Å². The molecule has 0 saturated carbocycles. The van der Waals surface area contributed by atoms with Crippen molar-refractivity contribution < 1.29 is 19.4 Å². The van der Waals surface area contributed by atoms with Gasteiger partial charge in [0.05, 0.1) is 21.7 Å². The SMILES string of the molecule is Cc1nn(-c2ccccc2)c2sc(C(=O)NCC3(C(=O)O)CCOCC3)cc12. The molecule has 1 aliphatic rings. The summed E-state index contributed by atoms with van der Waals surface area (Å²) in [5.41, 5.74) is 0.823. The molecule has 1 amide bonds. The van der Waals surface area contributed by atoms with E-state index in [0.29, 0.717) is 30.9 Å². The third kappa shape index (κ3) is 3.29. The Labute approximate surface area is 165 Å². The van der Waals surface area contributed by atoms with Gasteiger partial charge in [-0.3, -0.25) is 9.59 Å². The second-order valence-electron chi connectivity index (χ2n) is 7.04. The lowest BCUT2D eigenvalue weighted by Crippen LogP contribution is -2.46. The molecular weight excluding hydrogens is 378 g/mol. The van der Waals surface area contributed by atoms with Crippen molar-refractivity contribution in [2.24, 2.45) is 5.41 Å². The molecule has 1 aromatic carbocycles. The number of carboxylic acid groups (broad SMARTS) is 1. The number of nitrogens with one attached hydrogen (secondary N) is 1. The van der Waals surface area contributed by atoms with Crippen LogP contribution in [0.3, 0.4) is 0 Å². The number of amides is 1. The molecule has 2 N–H and O–H groups in total. The standard InChI is InChI=1S/C20H21N3O4S/c1-13-15-11-16(28-18(15)23(22-13)14-5-3-2-4-6-14)17(24)21-12-20(19(25)26)7-9-27-10-8-20/h2-6,11H,7-10,12H2,1H3,(H,21,24)(H,25,26). The maximum Gasteiger partial charge on any atom is 0.311 e. The number of ether oxygens (including phenoxy) is 1. The van der Waals surface area contributed by atoms with Crippen LogP contribution in [0.2, 0.25) is 0 Å². The van der Waals surface area contributed by atoms with Gasteiger partial charge < -0.3 is 15.2 Å². The Bertz CT molecular complexity index is 1020. The number of carboxylic acids is 1. The van der Waals surface area contributed by atoms with Crippen LogP contribution >= 0.6 is 11.3 Å². The molecule has 146 valence electrons. The molecule has 3 heterocycles. The molecule has 1 saturated heterocycles. The Kier molecular flexibility index (Phi) is 4.91. The zero-order chi connectivity index (χ0) is 19.7. The lowest BCUT2D eigenvalue weighted by molar-refractivity contribution is -0.154. The first-order chi connectivity index (χ1) is 13.5. The number of hydrogen-bond donors (Lipinski definition) is 2. The molecule has 7 nitrogen and oxygen atoms in total. The molecule has 2 aromatic heterocycles. The Balaban J connectivity index is 1.57. The van der Waals surface area contributed by atoms with E-state index in [1.165, 1.54) is 11.3 Å². The summed E-state index contributed by atoms with van der Waals surface area (Å²) in [4.78, 5) is 25.9. The summed E-state index contributed by atoms with van der Waals surface area (Å²) >= 11 is 1.36. The summed E-state index contributed by atoms with van der Waals surface area (Å²) in [5, 5.41) is 18.0. The maximum absolute atomic E-state index is 12.7. The number of hydrogen-bond acceptors (Lipinski definition) is 5. The van der Waals surface area contributed by atoms with Crippen molar-refractivity contribution in [3.05, 3.63) is 47.0 Å². The number of carbonyl (C=O) groups is 2. The number of aryl methyl sites for hydroxylation is 1. The molecule has 4 rings (SSSR count). The van der Waals surface area contributed by atoms with Gasteiger partial charge in [0.15, 0.2) is 0 Å². The number of carbonyl (C=O) groups excluding carboxylic acids is 1. The fraction of sp³-hybridized carbons (Fsp3) is 0.350. The van der Waals surface area contributed by atoms with E-state index in [-0.39, 0.29) is 12.5 Å². The third-order valence-corrected chi connectivity index (χ3v) is 6.37. The van der Waals surface area contributed by atoms with Crippen molar-refractivity contribution in [3.8, 4) is 5.69 Å². The highest BCUT2D eigenvalue weighted by molar-refractivity contribution is 7.20. The molecule has 8 heteroatoms. The lowest BCUT2D eigenvalue weighted by atomic mass is 9.80. The predicted molar refractivity (Wildman–Crippen MR) is 106 cm³/mol. The van der Waals surface area contributed by atoms with E-state index in [4.69, 9.17) is 4.74 Å². The van der Waals surface area contributed by atoms with Crippen molar-refractivity contribution in [1.82, 2.24) is 15.1 Å². The van der Waals surface area contributed by atoms with Gasteiger partial charge in [-0.1, -0.05) is 18.2 Å². The number of aromatic nitrogens is 2. The molecule has 1 fully saturated rings. The van der Waals surface area contributed by atoms with Gasteiger partial charge in [0.2, 0.25) is 0 Å². The maximum atomic E-state index is 12.7. The molecule has 0 unspecified atom stereocenters. The summed E-state index contributed by atoms with van der Waals surface area (Å²) in [6, 6.07) is 11.6. The number of aliphatic carboxylic acids is 1. The summed E-state index contributed by atoms with van der Waals surface area (Å²) in [7, 11) is 0. The molecule has 0 spiro atoms. The summed E-state index contributed by atoms with van der Waals surface area (Å²) in [5.74, 6) is -1.14. The van der Waals surface area contributed by atoms with Crippen LogP contribution in [-0.2, 0) is 9.53 Å². The van der Waals surface area contributed by atoms with Crippen LogP contribution in [0.1, 0.15) is 28.2 Å². The number of rotatable bonds is 5. The van der Waals surface area contributed by atoms with E-state index in [9.17, 15) is 14.7 Å². The van der Waals surface area contributed by atoms with E-state index in [0.717, 1.165) is 21.6 Å². The second kappa shape index (κ2) is 7.37. The van der Waals surface area contributed by atoms with Crippen LogP contribution in [0.5, 0.6) is 0 Å². The van der Waals surface area contributed by atoms with Gasteiger partial charge in [-0.2, -0.15) is 5.10 Å². The molecular formula is C20H21N3O4S. The normalized spacial score (nSPS) is 16.2. The zero-order valence-corrected chi connectivity index (χ0v) is 16.3. The van der Waals surface area contributed by atoms with E-state index in [1.807, 2.05) is 48.0 Å². The highest BCUT2D eigenvalue weighted by Crippen LogP contribution is 2.32. The third-order valence-electron chi connectivity index (χ3n) is 5.26. The molecule has 3 aromatic rings. The predicted octanol–water partition coefficient (Wildman–Crippen LogP) is 3.01. The molecule has 1 aliphatic heterocycles. The minimum Gasteiger partial charge on any atom is -0.481 e. The minimum atomic E-state index is -0.957. The van der Waals surface area contributed by atoms with Crippen LogP contribution in [0.4, 0.5) is 0 Å². The monoisotopic (exact) mass is 399 g/mol. The van der Waals surface area contributed by atoms with E-state index in [1.54, 1.807) is 0 Å². The van der Waals surface area contributed by atoms with Crippen LogP contribution in [-0.4, -0.2) is 46.5 Å². The number of thiophene rings is 1. The smallest absolute Gasteiger partial charge is 0.311 e. The molecule has 0 radical (unpaired) electrons. The summed E-state index contributed by atoms with van der Waals surface area (Å²) < 4.78 is 7.12. The first kappa shape index (κ1) is 18.6. The van der Waals surface area contributed by atoms with E-state index >= 15 is 0 Å². The average Bonchev–Trinajstić information content (AvgIpc) is 3.28. The Morgan fingerprint density at radius 2 is 2.00 bits per heavy atom. The highest BCUT2D eigenvalue weighted by atomic mass is 32.1. The van der Waals surface area contributed by atoms with E-state index in [2.05, 4.69) is 10.4 Å². The number of para-hydroxylation sites is 1. The van der Waals surface area contributed by atoms with Gasteiger partial charge in [-0.05, 0) is 38.0 Å². The number of benzene rings is 1. The Morgan fingerprint density at radius 1 is 1.29 bits per heavy atom. The highest BCUT2D eigenvalue weighted by Gasteiger charge is 2.40. The van der Waals surface area contributed by atoms with E-state index < -0.39 is 11.4 Å². The quantitative estimate of drug-likeness (QED) is 0.688. The van der Waals surface area contributed by atoms with Crippen LogP contribution in [0.25, 0.3) is 15.9 Å². The second-order valence-corrected chi connectivity index (χ2v) is 8.07. The lowest BCUT2D eigenvalue weighted by Gasteiger charge is -2.33. The molecule has 0 atom stereocenters. The Hall–Kier alpha value is -2.71. The first-order valence-corrected chi connectivity index (χ1v) is 9.96. The van der Waals surface area contributed by atoms with Crippen molar-refractivity contribution in [3.63, 3.8) is 0 Å². The van der Waals surface area contributed by atoms with Gasteiger partial charge in [0.1, 0.15) is 4.83 Å². The van der Waals surface area contributed by atoms with Crippen LogP contribution in [0.15, 0.2) is 36.4 Å². The zero-order valence-electron chi connectivity index (χ0n) is 15.5. The number of fused-ring (bicyclic) bond motifs is 1. The topological polar surface area (TPSA) is 93.5 Å². The van der Waals surface area contributed by atoms with Crippen molar-refractivity contribution in [1.29, 1.82) is 0 Å². The molecule has 0 bridgehead atoms. The molecule has 28 heavy (non-hydrogen) atoms. The fourth-order valence-electron chi connectivity index (χ4n) is 3.47. The summed E-state index contributed by atoms with van der Waals surface area (Å²) in [6.45, 7) is 2.81. The minimum absolute atomic E-state index is 0.0998. The van der Waals surface area contributed by atoms with Crippen molar-refractivity contribution in [2.45, 2.75) is 19.8 Å². The largest absolute Gasteiger partial charge is 0.481 e. The first-order valence-electron chi connectivity index (χ1n) is 9.14. The van der Waals surface area contributed by atoms with Crippen molar-refractivity contribution in [2.75, 3.05) is 19.8 Å². The van der Waals surface area contributed by atoms with Crippen molar-refractivity contribution >= 4 is 33.4 Å². The molecule has 0 aliphatic carbocycles.